The Balaban J connectivity index is 1.41. The second-order valence-corrected chi connectivity index (χ2v) is 9.83. The van der Waals surface area contributed by atoms with Gasteiger partial charge >= 0.3 is 0 Å². The first-order valence-electron chi connectivity index (χ1n) is 9.67. The lowest BCUT2D eigenvalue weighted by molar-refractivity contribution is -0.384. The first-order chi connectivity index (χ1) is 12.3. The number of nitrogens with zero attached hydrogens (tertiary/aromatic N) is 3. The van der Waals surface area contributed by atoms with Crippen LogP contribution in [0.4, 0.5) is 11.4 Å². The minimum Gasteiger partial charge on any atom is -0.270 e. The van der Waals surface area contributed by atoms with Crippen LogP contribution >= 0.6 is 0 Å². The highest BCUT2D eigenvalue weighted by molar-refractivity contribution is 5.99. The average molecular weight is 353 g/mol. The lowest BCUT2D eigenvalue weighted by atomic mass is 9.69. The number of nitro benzene ring substituents is 1. The van der Waals surface area contributed by atoms with Crippen LogP contribution in [0.5, 0.6) is 0 Å². The van der Waals surface area contributed by atoms with Crippen molar-refractivity contribution in [3.05, 3.63) is 34.4 Å². The quantitative estimate of drug-likeness (QED) is 0.616. The molecular weight excluding hydrogens is 330 g/mol. The van der Waals surface area contributed by atoms with Gasteiger partial charge in [0.1, 0.15) is 11.2 Å². The first-order valence-corrected chi connectivity index (χ1v) is 9.67. The van der Waals surface area contributed by atoms with Crippen molar-refractivity contribution in [3.63, 3.8) is 0 Å². The lowest BCUT2D eigenvalue weighted by Gasteiger charge is -2.62. The number of anilines is 1. The largest absolute Gasteiger partial charge is 0.294 e. The molecule has 1 heterocycles. The van der Waals surface area contributed by atoms with Crippen molar-refractivity contribution in [2.24, 2.45) is 22.7 Å². The van der Waals surface area contributed by atoms with Crippen molar-refractivity contribution in [1.82, 2.24) is 5.01 Å². The van der Waals surface area contributed by atoms with E-state index in [9.17, 15) is 14.9 Å². The van der Waals surface area contributed by atoms with E-state index in [1.807, 2.05) is 29.9 Å². The van der Waals surface area contributed by atoms with Crippen LogP contribution in [0.2, 0.25) is 0 Å². The van der Waals surface area contributed by atoms with Crippen LogP contribution in [-0.2, 0) is 4.79 Å². The summed E-state index contributed by atoms with van der Waals surface area (Å²) in [5.74, 6) is 1.25. The van der Waals surface area contributed by atoms with E-state index < -0.39 is 5.54 Å². The van der Waals surface area contributed by atoms with E-state index in [0.29, 0.717) is 28.4 Å². The maximum absolute atomic E-state index is 13.1. The average Bonchev–Trinajstić information content (AvgIpc) is 2.96. The molecule has 1 amide bonds. The maximum atomic E-state index is 13.1. The van der Waals surface area contributed by atoms with Gasteiger partial charge in [-0.25, -0.2) is 5.01 Å². The number of rotatable bonds is 3. The number of amides is 1. The SMILES string of the molecule is CC1(C)C(=O)N(C2C3CC45CC2CC4(C3)C5)N1c1ccccc1[N+](=O)[O-]. The zero-order chi connectivity index (χ0) is 18.1. The topological polar surface area (TPSA) is 66.7 Å². The van der Waals surface area contributed by atoms with E-state index >= 15 is 0 Å². The van der Waals surface area contributed by atoms with Gasteiger partial charge in [0.25, 0.3) is 11.6 Å². The Morgan fingerprint density at radius 2 is 1.65 bits per heavy atom. The van der Waals surface area contributed by atoms with E-state index in [1.165, 1.54) is 38.2 Å². The van der Waals surface area contributed by atoms with Crippen LogP contribution < -0.4 is 5.01 Å². The third-order valence-electron chi connectivity index (χ3n) is 8.32. The Labute approximate surface area is 152 Å². The normalized spacial score (nSPS) is 43.5. The highest BCUT2D eigenvalue weighted by atomic mass is 16.6. The second kappa shape index (κ2) is 4.07. The minimum atomic E-state index is -0.732. The maximum Gasteiger partial charge on any atom is 0.294 e. The van der Waals surface area contributed by atoms with Gasteiger partial charge in [-0.1, -0.05) is 12.1 Å². The van der Waals surface area contributed by atoms with Crippen molar-refractivity contribution in [2.75, 3.05) is 5.01 Å². The molecule has 4 bridgehead atoms. The van der Waals surface area contributed by atoms with E-state index in [-0.39, 0.29) is 22.6 Å². The van der Waals surface area contributed by atoms with Gasteiger partial charge in [-0.05, 0) is 74.7 Å². The number of hydrogen-bond acceptors (Lipinski definition) is 4. The van der Waals surface area contributed by atoms with Gasteiger partial charge in [0.2, 0.25) is 0 Å². The molecule has 0 unspecified atom stereocenters. The predicted molar refractivity (Wildman–Crippen MR) is 95.2 cm³/mol. The zero-order valence-electron chi connectivity index (χ0n) is 15.1. The van der Waals surface area contributed by atoms with Crippen molar-refractivity contribution in [3.8, 4) is 0 Å². The molecule has 0 N–H and O–H groups in total. The fraction of sp³-hybridized carbons (Fsp3) is 0.650. The van der Waals surface area contributed by atoms with E-state index in [2.05, 4.69) is 0 Å². The molecule has 0 aromatic heterocycles. The van der Waals surface area contributed by atoms with Gasteiger partial charge < -0.3 is 0 Å². The van der Waals surface area contributed by atoms with Crippen LogP contribution in [-0.4, -0.2) is 27.4 Å². The standard InChI is InChI=1S/C20H23N3O3/c1-18(2)17(24)21(22(18)14-5-3-4-6-15(14)23(25)26)16-12-7-19-9-13(16)10-20(19,8-12)11-19/h3-6,12-13,16H,7-11H2,1-2H3. The summed E-state index contributed by atoms with van der Waals surface area (Å²) in [4.78, 5) is 24.3. The fourth-order valence-electron chi connectivity index (χ4n) is 7.51. The zero-order valence-corrected chi connectivity index (χ0v) is 15.1. The monoisotopic (exact) mass is 353 g/mol. The molecule has 7 rings (SSSR count). The number of para-hydroxylation sites is 2. The molecule has 6 heteroatoms. The molecule has 6 aliphatic rings. The molecule has 0 atom stereocenters. The summed E-state index contributed by atoms with van der Waals surface area (Å²) in [5, 5.41) is 15.4. The Morgan fingerprint density at radius 1 is 1.08 bits per heavy atom. The van der Waals surface area contributed by atoms with Gasteiger partial charge in [-0.15, -0.1) is 0 Å². The first kappa shape index (κ1) is 15.0. The number of hydrazine groups is 1. The van der Waals surface area contributed by atoms with Crippen molar-refractivity contribution in [1.29, 1.82) is 0 Å². The second-order valence-electron chi connectivity index (χ2n) is 9.83. The predicted octanol–water partition coefficient (Wildman–Crippen LogP) is 3.52. The van der Waals surface area contributed by atoms with Gasteiger partial charge in [0, 0.05) is 6.07 Å². The van der Waals surface area contributed by atoms with Gasteiger partial charge in [-0.3, -0.25) is 19.9 Å². The molecule has 5 aliphatic carbocycles. The summed E-state index contributed by atoms with van der Waals surface area (Å²) in [6.07, 6.45) is 6.42. The number of carbonyl (C=O) groups is 1. The summed E-state index contributed by atoms with van der Waals surface area (Å²) < 4.78 is 0. The van der Waals surface area contributed by atoms with E-state index in [0.717, 1.165) is 0 Å². The lowest BCUT2D eigenvalue weighted by Crippen LogP contribution is -2.79. The molecule has 1 aromatic rings. The van der Waals surface area contributed by atoms with E-state index in [4.69, 9.17) is 0 Å². The summed E-state index contributed by atoms with van der Waals surface area (Å²) in [6, 6.07) is 7.03. The number of hydrogen-bond donors (Lipinski definition) is 0. The molecule has 1 aromatic carbocycles. The third-order valence-corrected chi connectivity index (χ3v) is 8.32. The minimum absolute atomic E-state index is 0.0738. The van der Waals surface area contributed by atoms with Crippen molar-refractivity contribution < 1.29 is 9.72 Å². The Bertz CT molecular complexity index is 843. The van der Waals surface area contributed by atoms with Crippen LogP contribution in [0.3, 0.4) is 0 Å². The molecule has 136 valence electrons. The molecule has 2 spiro atoms. The Hall–Kier alpha value is -2.11. The number of benzene rings is 1. The van der Waals surface area contributed by atoms with Gasteiger partial charge in [0.05, 0.1) is 11.0 Å². The number of nitro groups is 1. The molecule has 6 nitrogen and oxygen atoms in total. The highest BCUT2D eigenvalue weighted by Gasteiger charge is 2.81. The molecule has 0 radical (unpaired) electrons. The highest BCUT2D eigenvalue weighted by Crippen LogP contribution is 2.87. The summed E-state index contributed by atoms with van der Waals surface area (Å²) in [5.41, 5.74) is 1.09. The third kappa shape index (κ3) is 1.42. The summed E-state index contributed by atoms with van der Waals surface area (Å²) in [6.45, 7) is 3.75. The molecule has 26 heavy (non-hydrogen) atoms. The van der Waals surface area contributed by atoms with Gasteiger partial charge in [0.15, 0.2) is 0 Å². The molecular formula is C20H23N3O3. The van der Waals surface area contributed by atoms with Crippen LogP contribution in [0.25, 0.3) is 0 Å². The Kier molecular flexibility index (Phi) is 2.35. The van der Waals surface area contributed by atoms with Crippen LogP contribution in [0.15, 0.2) is 24.3 Å². The Morgan fingerprint density at radius 3 is 2.23 bits per heavy atom. The smallest absolute Gasteiger partial charge is 0.270 e. The molecule has 1 aliphatic heterocycles. The van der Waals surface area contributed by atoms with Gasteiger partial charge in [-0.2, -0.15) is 0 Å². The molecule has 6 fully saturated rings. The summed E-state index contributed by atoms with van der Waals surface area (Å²) >= 11 is 0. The summed E-state index contributed by atoms with van der Waals surface area (Å²) in [7, 11) is 0. The molecule has 5 saturated carbocycles. The number of carbonyl (C=O) groups excluding carboxylic acids is 1. The fourth-order valence-corrected chi connectivity index (χ4v) is 7.51. The van der Waals surface area contributed by atoms with E-state index in [1.54, 1.807) is 12.1 Å². The van der Waals surface area contributed by atoms with Crippen molar-refractivity contribution in [2.45, 2.75) is 57.5 Å². The van der Waals surface area contributed by atoms with Crippen LogP contribution in [0, 0.1) is 32.8 Å². The molecule has 1 saturated heterocycles. The van der Waals surface area contributed by atoms with Crippen molar-refractivity contribution >= 4 is 17.3 Å². The van der Waals surface area contributed by atoms with Crippen LogP contribution in [0.1, 0.15) is 46.0 Å².